The molecule has 1 rings (SSSR count). The normalized spacial score (nSPS) is 14.0. The predicted molar refractivity (Wildman–Crippen MR) is 80.3 cm³/mol. The van der Waals surface area contributed by atoms with Gasteiger partial charge in [-0.2, -0.15) is 0 Å². The van der Waals surface area contributed by atoms with E-state index in [1.807, 2.05) is 0 Å². The number of carbonyl (C=O) groups is 2. The Morgan fingerprint density at radius 2 is 1.87 bits per heavy atom. The van der Waals surface area contributed by atoms with Crippen molar-refractivity contribution in [2.45, 2.75) is 38.6 Å². The smallest absolute Gasteiger partial charge is 0.407 e. The summed E-state index contributed by atoms with van der Waals surface area (Å²) >= 11 is 0. The second kappa shape index (κ2) is 7.30. The van der Waals surface area contributed by atoms with E-state index in [1.165, 1.54) is 6.07 Å². The molecule has 1 aromatic rings. The summed E-state index contributed by atoms with van der Waals surface area (Å²) in [7, 11) is 0. The molecule has 1 amide bonds. The van der Waals surface area contributed by atoms with E-state index in [1.54, 1.807) is 20.8 Å². The lowest BCUT2D eigenvalue weighted by Gasteiger charge is -2.22. The topological polar surface area (TPSA) is 136 Å². The quantitative estimate of drug-likeness (QED) is 0.544. The van der Waals surface area contributed by atoms with E-state index in [2.05, 4.69) is 5.32 Å². The number of benzene rings is 1. The fourth-order valence-electron chi connectivity index (χ4n) is 1.75. The number of nitrogens with one attached hydrogen (secondary N) is 1. The first-order valence-electron chi connectivity index (χ1n) is 6.90. The Morgan fingerprint density at radius 3 is 2.39 bits per heavy atom. The third kappa shape index (κ3) is 5.76. The van der Waals surface area contributed by atoms with E-state index in [0.717, 1.165) is 12.1 Å². The number of aromatic hydroxyl groups is 1. The highest BCUT2D eigenvalue weighted by Crippen LogP contribution is 2.27. The minimum absolute atomic E-state index is 0.149. The maximum absolute atomic E-state index is 11.5. The van der Waals surface area contributed by atoms with Crippen molar-refractivity contribution in [1.82, 2.24) is 5.32 Å². The number of phenols is 1. The summed E-state index contributed by atoms with van der Waals surface area (Å²) in [6, 6.07) is 3.33. The van der Waals surface area contributed by atoms with Crippen LogP contribution in [0.15, 0.2) is 18.2 Å². The molecule has 0 aliphatic rings. The van der Waals surface area contributed by atoms with Gasteiger partial charge in [0.05, 0.1) is 5.56 Å². The number of phenolic OH excluding ortho intramolecular Hbond substituents is 1. The van der Waals surface area contributed by atoms with Gasteiger partial charge in [-0.15, -0.1) is 0 Å². The molecule has 0 fully saturated rings. The molecule has 2 unspecified atom stereocenters. The monoisotopic (exact) mass is 327 g/mol. The van der Waals surface area contributed by atoms with Crippen LogP contribution in [0.25, 0.3) is 0 Å². The van der Waals surface area contributed by atoms with Crippen LogP contribution >= 0.6 is 0 Å². The Morgan fingerprint density at radius 1 is 1.26 bits per heavy atom. The third-order valence-electron chi connectivity index (χ3n) is 2.81. The van der Waals surface area contributed by atoms with Crippen molar-refractivity contribution < 1.29 is 34.8 Å². The Balaban J connectivity index is 2.73. The van der Waals surface area contributed by atoms with Crippen LogP contribution in [-0.4, -0.2) is 50.7 Å². The number of aliphatic hydroxyl groups excluding tert-OH is 2. The number of ether oxygens (including phenoxy) is 1. The molecular formula is C15H21NO7. The molecular weight excluding hydrogens is 306 g/mol. The maximum atomic E-state index is 11.5. The predicted octanol–water partition coefficient (Wildman–Crippen LogP) is 1.01. The number of aliphatic hydroxyl groups is 2. The molecule has 0 spiro atoms. The number of hydrogen-bond acceptors (Lipinski definition) is 6. The van der Waals surface area contributed by atoms with E-state index in [9.17, 15) is 24.9 Å². The van der Waals surface area contributed by atoms with Crippen molar-refractivity contribution in [1.29, 1.82) is 0 Å². The molecule has 2 atom stereocenters. The largest absolute Gasteiger partial charge is 0.508 e. The zero-order valence-electron chi connectivity index (χ0n) is 13.1. The summed E-state index contributed by atoms with van der Waals surface area (Å²) in [4.78, 5) is 22.4. The number of rotatable bonds is 5. The molecule has 0 saturated heterocycles. The van der Waals surface area contributed by atoms with Crippen LogP contribution in [-0.2, 0) is 4.74 Å². The Hall–Kier alpha value is -2.32. The van der Waals surface area contributed by atoms with Crippen molar-refractivity contribution in [2.75, 3.05) is 6.54 Å². The lowest BCUT2D eigenvalue weighted by Crippen LogP contribution is -2.38. The van der Waals surface area contributed by atoms with Crippen LogP contribution in [0.5, 0.6) is 5.75 Å². The highest BCUT2D eigenvalue weighted by molar-refractivity contribution is 5.88. The van der Waals surface area contributed by atoms with Gasteiger partial charge in [-0.05, 0) is 39.0 Å². The maximum Gasteiger partial charge on any atom is 0.407 e. The number of carboxylic acid groups (broad SMARTS) is 1. The van der Waals surface area contributed by atoms with Gasteiger partial charge in [0.15, 0.2) is 0 Å². The lowest BCUT2D eigenvalue weighted by atomic mass is 10.0. The van der Waals surface area contributed by atoms with E-state index in [-0.39, 0.29) is 23.4 Å². The second-order valence-electron chi connectivity index (χ2n) is 5.97. The molecule has 0 heterocycles. The number of carboxylic acids is 1. The van der Waals surface area contributed by atoms with Gasteiger partial charge < -0.3 is 30.5 Å². The third-order valence-corrected chi connectivity index (χ3v) is 2.81. The van der Waals surface area contributed by atoms with E-state index in [0.29, 0.717) is 0 Å². The standard InChI is InChI=1S/C15H21NO7/c1-15(2,3)23-14(22)16-7-11(18)12(19)9-6-8(13(20)21)4-5-10(9)17/h4-6,11-12,17-19H,7H2,1-3H3,(H,16,22)(H,20,21). The van der Waals surface area contributed by atoms with Crippen LogP contribution in [0, 0.1) is 0 Å². The molecule has 8 nitrogen and oxygen atoms in total. The average molecular weight is 327 g/mol. The minimum atomic E-state index is -1.58. The first-order chi connectivity index (χ1) is 10.5. The minimum Gasteiger partial charge on any atom is -0.508 e. The summed E-state index contributed by atoms with van der Waals surface area (Å²) < 4.78 is 4.98. The lowest BCUT2D eigenvalue weighted by molar-refractivity contribution is 0.0119. The molecule has 0 aromatic heterocycles. The molecule has 0 saturated carbocycles. The molecule has 23 heavy (non-hydrogen) atoms. The fourth-order valence-corrected chi connectivity index (χ4v) is 1.75. The first-order valence-corrected chi connectivity index (χ1v) is 6.90. The molecule has 0 bridgehead atoms. The molecule has 5 N–H and O–H groups in total. The number of alkyl carbamates (subject to hydrolysis) is 1. The van der Waals surface area contributed by atoms with Crippen LogP contribution < -0.4 is 5.32 Å². The van der Waals surface area contributed by atoms with Gasteiger partial charge in [0, 0.05) is 12.1 Å². The van der Waals surface area contributed by atoms with Crippen LogP contribution in [0.1, 0.15) is 42.8 Å². The van der Waals surface area contributed by atoms with Gasteiger partial charge in [0.2, 0.25) is 0 Å². The first kappa shape index (κ1) is 18.7. The van der Waals surface area contributed by atoms with Crippen LogP contribution in [0.2, 0.25) is 0 Å². The van der Waals surface area contributed by atoms with Crippen molar-refractivity contribution >= 4 is 12.1 Å². The summed E-state index contributed by atoms with van der Waals surface area (Å²) in [5, 5.41) is 40.8. The van der Waals surface area contributed by atoms with Gasteiger partial charge in [0.1, 0.15) is 23.6 Å². The molecule has 0 radical (unpaired) electrons. The second-order valence-corrected chi connectivity index (χ2v) is 5.97. The molecule has 0 aliphatic carbocycles. The number of aromatic carboxylic acids is 1. The van der Waals surface area contributed by atoms with Crippen molar-refractivity contribution in [3.8, 4) is 5.75 Å². The average Bonchev–Trinajstić information content (AvgIpc) is 2.42. The summed E-state index contributed by atoms with van der Waals surface area (Å²) in [6.45, 7) is 4.68. The SMILES string of the molecule is CC(C)(C)OC(=O)NCC(O)C(O)c1cc(C(=O)O)ccc1O. The number of hydrogen-bond donors (Lipinski definition) is 5. The van der Waals surface area contributed by atoms with Gasteiger partial charge in [-0.1, -0.05) is 0 Å². The summed E-state index contributed by atoms with van der Waals surface area (Å²) in [5.74, 6) is -1.60. The van der Waals surface area contributed by atoms with Gasteiger partial charge in [-0.25, -0.2) is 9.59 Å². The molecule has 128 valence electrons. The zero-order chi connectivity index (χ0) is 17.8. The van der Waals surface area contributed by atoms with Crippen molar-refractivity contribution in [3.05, 3.63) is 29.3 Å². The highest BCUT2D eigenvalue weighted by atomic mass is 16.6. The van der Waals surface area contributed by atoms with Crippen LogP contribution in [0.3, 0.4) is 0 Å². The number of amides is 1. The van der Waals surface area contributed by atoms with E-state index >= 15 is 0 Å². The highest BCUT2D eigenvalue weighted by Gasteiger charge is 2.24. The van der Waals surface area contributed by atoms with Crippen LogP contribution in [0.4, 0.5) is 4.79 Å². The Kier molecular flexibility index (Phi) is 5.94. The van der Waals surface area contributed by atoms with Crippen molar-refractivity contribution in [2.24, 2.45) is 0 Å². The Labute approximate surface area is 133 Å². The number of carbonyl (C=O) groups excluding carboxylic acids is 1. The van der Waals surface area contributed by atoms with E-state index < -0.39 is 29.9 Å². The van der Waals surface area contributed by atoms with Gasteiger partial charge in [0.25, 0.3) is 0 Å². The molecule has 8 heteroatoms. The molecule has 0 aliphatic heterocycles. The van der Waals surface area contributed by atoms with Gasteiger partial charge in [-0.3, -0.25) is 0 Å². The Bertz CT molecular complexity index is 580. The summed E-state index contributed by atoms with van der Waals surface area (Å²) in [6.07, 6.45) is -3.81. The van der Waals surface area contributed by atoms with Crippen molar-refractivity contribution in [3.63, 3.8) is 0 Å². The fraction of sp³-hybridized carbons (Fsp3) is 0.467. The summed E-state index contributed by atoms with van der Waals surface area (Å²) in [5.41, 5.74) is -1.01. The van der Waals surface area contributed by atoms with Gasteiger partial charge >= 0.3 is 12.1 Å². The zero-order valence-corrected chi connectivity index (χ0v) is 13.1. The molecule has 1 aromatic carbocycles. The van der Waals surface area contributed by atoms with E-state index in [4.69, 9.17) is 9.84 Å².